The number of nitrogens with one attached hydrogen (secondary N) is 2. The lowest BCUT2D eigenvalue weighted by Crippen LogP contribution is -2.38. The fraction of sp³-hybridized carbons (Fsp3) is 0.579. The zero-order valence-electron chi connectivity index (χ0n) is 15.0. The van der Waals surface area contributed by atoms with Gasteiger partial charge in [-0.3, -0.25) is 9.79 Å². The van der Waals surface area contributed by atoms with Crippen molar-refractivity contribution in [3.8, 4) is 0 Å². The number of aliphatic imine (C=N–C) groups is 1. The summed E-state index contributed by atoms with van der Waals surface area (Å²) in [6.45, 7) is 5.44. The Labute approximate surface area is 167 Å². The lowest BCUT2D eigenvalue weighted by molar-refractivity contribution is -0.118. The van der Waals surface area contributed by atoms with Gasteiger partial charge >= 0.3 is 0 Å². The van der Waals surface area contributed by atoms with Crippen LogP contribution < -0.4 is 15.5 Å². The number of rotatable bonds is 7. The van der Waals surface area contributed by atoms with Crippen LogP contribution in [0.25, 0.3) is 0 Å². The zero-order chi connectivity index (χ0) is 16.8. The van der Waals surface area contributed by atoms with E-state index < -0.39 is 0 Å². The number of guanidine groups is 1. The fourth-order valence-electron chi connectivity index (χ4n) is 3.04. The van der Waals surface area contributed by atoms with E-state index in [1.807, 2.05) is 23.1 Å². The number of anilines is 1. The van der Waals surface area contributed by atoms with Gasteiger partial charge < -0.3 is 15.5 Å². The van der Waals surface area contributed by atoms with Gasteiger partial charge in [-0.05, 0) is 50.2 Å². The molecule has 5 nitrogen and oxygen atoms in total. The topological polar surface area (TPSA) is 56.7 Å². The van der Waals surface area contributed by atoms with Crippen molar-refractivity contribution >= 4 is 41.5 Å². The van der Waals surface area contributed by atoms with Crippen molar-refractivity contribution in [2.24, 2.45) is 10.9 Å². The molecule has 1 saturated carbocycles. The van der Waals surface area contributed by atoms with E-state index in [0.29, 0.717) is 6.42 Å². The molecule has 138 valence electrons. The molecule has 0 atom stereocenters. The summed E-state index contributed by atoms with van der Waals surface area (Å²) in [5.41, 5.74) is 2.38. The maximum absolute atomic E-state index is 12.5. The van der Waals surface area contributed by atoms with Gasteiger partial charge in [-0.25, -0.2) is 0 Å². The van der Waals surface area contributed by atoms with Crippen molar-refractivity contribution in [3.05, 3.63) is 29.8 Å². The fourth-order valence-corrected chi connectivity index (χ4v) is 3.04. The summed E-state index contributed by atoms with van der Waals surface area (Å²) in [4.78, 5) is 19.0. The van der Waals surface area contributed by atoms with Crippen LogP contribution in [0.15, 0.2) is 29.3 Å². The van der Waals surface area contributed by atoms with E-state index in [1.165, 1.54) is 18.4 Å². The first-order valence-corrected chi connectivity index (χ1v) is 9.18. The van der Waals surface area contributed by atoms with E-state index in [9.17, 15) is 4.79 Å². The van der Waals surface area contributed by atoms with Gasteiger partial charge in [0.1, 0.15) is 0 Å². The number of carbonyl (C=O) groups is 1. The molecule has 0 aromatic heterocycles. The summed E-state index contributed by atoms with van der Waals surface area (Å²) in [6, 6.07) is 8.21. The minimum absolute atomic E-state index is 0. The molecular weight excluding hydrogens is 427 g/mol. The van der Waals surface area contributed by atoms with Crippen molar-refractivity contribution in [1.29, 1.82) is 0 Å². The third-order valence-corrected chi connectivity index (χ3v) is 4.60. The Bertz CT molecular complexity index is 601. The average Bonchev–Trinajstić information content (AvgIpc) is 3.33. The second-order valence-electron chi connectivity index (χ2n) is 6.62. The predicted octanol–water partition coefficient (Wildman–Crippen LogP) is 2.94. The van der Waals surface area contributed by atoms with Crippen LogP contribution in [-0.4, -0.2) is 38.0 Å². The third kappa shape index (κ3) is 5.87. The molecule has 25 heavy (non-hydrogen) atoms. The number of amides is 1. The van der Waals surface area contributed by atoms with Crippen LogP contribution in [0.4, 0.5) is 5.69 Å². The molecule has 1 aliphatic carbocycles. The molecule has 1 fully saturated rings. The Hall–Kier alpha value is -1.31. The lowest BCUT2D eigenvalue weighted by Gasteiger charge is -2.17. The first-order valence-electron chi connectivity index (χ1n) is 9.18. The summed E-state index contributed by atoms with van der Waals surface area (Å²) in [7, 11) is 0. The quantitative estimate of drug-likeness (QED) is 0.287. The summed E-state index contributed by atoms with van der Waals surface area (Å²) in [6.07, 6.45) is 5.00. The van der Waals surface area contributed by atoms with E-state index in [0.717, 1.165) is 56.6 Å². The van der Waals surface area contributed by atoms with E-state index in [4.69, 9.17) is 0 Å². The van der Waals surface area contributed by atoms with E-state index in [-0.39, 0.29) is 29.9 Å². The molecular formula is C19H29IN4O. The van der Waals surface area contributed by atoms with E-state index >= 15 is 0 Å². The highest BCUT2D eigenvalue weighted by Crippen LogP contribution is 2.29. The molecule has 3 rings (SSSR count). The number of para-hydroxylation sites is 1. The standard InChI is InChI=1S/C19H28N4O.HI/c1-2-20-19(22-14-15-9-10-15)21-12-5-8-18(24)23-13-11-16-6-3-4-7-17(16)23;/h3-4,6-7,15H,2,5,8-14H2,1H3,(H2,20,21,22);1H. The first-order chi connectivity index (χ1) is 11.8. The van der Waals surface area contributed by atoms with Gasteiger partial charge in [0.15, 0.2) is 5.96 Å². The Morgan fingerprint density at radius 2 is 2.08 bits per heavy atom. The third-order valence-electron chi connectivity index (χ3n) is 4.60. The number of hydrogen-bond acceptors (Lipinski definition) is 2. The van der Waals surface area contributed by atoms with Gasteiger partial charge in [0.05, 0.1) is 0 Å². The Balaban J connectivity index is 0.00000225. The highest BCUT2D eigenvalue weighted by Gasteiger charge is 2.23. The van der Waals surface area contributed by atoms with Crippen molar-refractivity contribution in [2.45, 2.75) is 39.0 Å². The van der Waals surface area contributed by atoms with Crippen LogP contribution in [0.1, 0.15) is 38.2 Å². The number of halogens is 1. The lowest BCUT2D eigenvalue weighted by atomic mass is 10.2. The van der Waals surface area contributed by atoms with Crippen LogP contribution in [0.5, 0.6) is 0 Å². The first kappa shape index (κ1) is 20.0. The molecule has 1 aliphatic heterocycles. The Morgan fingerprint density at radius 1 is 1.28 bits per heavy atom. The molecule has 2 aliphatic rings. The van der Waals surface area contributed by atoms with E-state index in [1.54, 1.807) is 0 Å². The van der Waals surface area contributed by atoms with Gasteiger partial charge in [0.25, 0.3) is 0 Å². The normalized spacial score (nSPS) is 16.2. The second kappa shape index (κ2) is 9.99. The Morgan fingerprint density at radius 3 is 2.84 bits per heavy atom. The molecule has 0 spiro atoms. The van der Waals surface area contributed by atoms with Gasteiger partial charge in [-0.2, -0.15) is 0 Å². The molecule has 1 amide bonds. The monoisotopic (exact) mass is 456 g/mol. The molecule has 1 aromatic carbocycles. The van der Waals surface area contributed by atoms with Crippen molar-refractivity contribution in [1.82, 2.24) is 10.6 Å². The van der Waals surface area contributed by atoms with Gasteiger partial charge in [0, 0.05) is 38.3 Å². The minimum atomic E-state index is 0. The van der Waals surface area contributed by atoms with Crippen molar-refractivity contribution in [3.63, 3.8) is 0 Å². The number of benzene rings is 1. The maximum atomic E-state index is 12.5. The molecule has 0 unspecified atom stereocenters. The van der Waals surface area contributed by atoms with Gasteiger partial charge in [-0.1, -0.05) is 18.2 Å². The highest BCUT2D eigenvalue weighted by atomic mass is 127. The molecule has 6 heteroatoms. The second-order valence-corrected chi connectivity index (χ2v) is 6.62. The van der Waals surface area contributed by atoms with Crippen LogP contribution in [0.2, 0.25) is 0 Å². The van der Waals surface area contributed by atoms with Crippen LogP contribution >= 0.6 is 24.0 Å². The average molecular weight is 456 g/mol. The minimum Gasteiger partial charge on any atom is -0.357 e. The highest BCUT2D eigenvalue weighted by molar-refractivity contribution is 14.0. The van der Waals surface area contributed by atoms with Crippen LogP contribution in [-0.2, 0) is 11.2 Å². The van der Waals surface area contributed by atoms with Crippen molar-refractivity contribution < 1.29 is 4.79 Å². The summed E-state index contributed by atoms with van der Waals surface area (Å²) >= 11 is 0. The number of hydrogen-bond donors (Lipinski definition) is 2. The SMILES string of the molecule is CCNC(=NCC1CC1)NCCCC(=O)N1CCc2ccccc21.I. The smallest absolute Gasteiger partial charge is 0.227 e. The van der Waals surface area contributed by atoms with E-state index in [2.05, 4.69) is 28.6 Å². The molecule has 2 N–H and O–H groups in total. The van der Waals surface area contributed by atoms with Gasteiger partial charge in [0.2, 0.25) is 5.91 Å². The largest absolute Gasteiger partial charge is 0.357 e. The molecule has 0 saturated heterocycles. The number of carbonyl (C=O) groups excluding carboxylic acids is 1. The zero-order valence-corrected chi connectivity index (χ0v) is 17.3. The van der Waals surface area contributed by atoms with Gasteiger partial charge in [-0.15, -0.1) is 24.0 Å². The number of fused-ring (bicyclic) bond motifs is 1. The molecule has 0 radical (unpaired) electrons. The Kier molecular flexibility index (Phi) is 7.99. The molecule has 0 bridgehead atoms. The van der Waals surface area contributed by atoms with Crippen LogP contribution in [0, 0.1) is 5.92 Å². The van der Waals surface area contributed by atoms with Crippen molar-refractivity contribution in [2.75, 3.05) is 31.1 Å². The number of nitrogens with zero attached hydrogens (tertiary/aromatic N) is 2. The summed E-state index contributed by atoms with van der Waals surface area (Å²) in [5.74, 6) is 1.89. The predicted molar refractivity (Wildman–Crippen MR) is 114 cm³/mol. The summed E-state index contributed by atoms with van der Waals surface area (Å²) < 4.78 is 0. The summed E-state index contributed by atoms with van der Waals surface area (Å²) in [5, 5.41) is 6.60. The molecule has 1 aromatic rings. The molecule has 1 heterocycles. The van der Waals surface area contributed by atoms with Crippen LogP contribution in [0.3, 0.4) is 0 Å². The maximum Gasteiger partial charge on any atom is 0.227 e.